The maximum absolute atomic E-state index is 11.8. The minimum Gasteiger partial charge on any atom is -1.00 e. The first kappa shape index (κ1) is 13.8. The van der Waals surface area contributed by atoms with Crippen molar-refractivity contribution in [1.82, 2.24) is 0 Å². The van der Waals surface area contributed by atoms with Crippen LogP contribution in [0.1, 0.15) is 9.67 Å². The second kappa shape index (κ2) is 5.86. The third-order valence-electron chi connectivity index (χ3n) is 1.92. The smallest absolute Gasteiger partial charge is 0.270 e. The predicted molar refractivity (Wildman–Crippen MR) is 64.7 cm³/mol. The molecule has 0 radical (unpaired) electrons. The molecule has 2 rings (SSSR count). The number of halogens is 2. The molecule has 0 aromatic carbocycles. The van der Waals surface area contributed by atoms with Gasteiger partial charge < -0.3 is 17.7 Å². The average molecular weight is 290 g/mol. The second-order valence-corrected chi connectivity index (χ2v) is 4.41. The van der Waals surface area contributed by atoms with Gasteiger partial charge >= 0.3 is 0 Å². The molecular formula is C10H9Cl2N3OS. The number of H-pyrrole nitrogens is 1. The lowest BCUT2D eigenvalue weighted by atomic mass is 10.3. The normalized spacial score (nSPS) is 9.47. The van der Waals surface area contributed by atoms with Gasteiger partial charge in [0.1, 0.15) is 11.1 Å². The topological polar surface area (TPSA) is 69.3 Å². The zero-order valence-electron chi connectivity index (χ0n) is 8.54. The van der Waals surface area contributed by atoms with E-state index in [0.29, 0.717) is 21.4 Å². The number of aromatic nitrogens is 1. The van der Waals surface area contributed by atoms with Crippen LogP contribution < -0.4 is 28.4 Å². The molecule has 4 N–H and O–H groups in total. The number of nitrogen functional groups attached to an aromatic ring is 1. The van der Waals surface area contributed by atoms with Gasteiger partial charge in [-0.05, 0) is 17.5 Å². The van der Waals surface area contributed by atoms with E-state index in [4.69, 9.17) is 17.3 Å². The highest BCUT2D eigenvalue weighted by molar-refractivity contribution is 7.12. The van der Waals surface area contributed by atoms with Gasteiger partial charge in [0.2, 0.25) is 0 Å². The van der Waals surface area contributed by atoms with Crippen LogP contribution in [0.3, 0.4) is 0 Å². The van der Waals surface area contributed by atoms with Crippen molar-refractivity contribution in [3.8, 4) is 0 Å². The fraction of sp³-hybridized carbons (Fsp3) is 0. The van der Waals surface area contributed by atoms with Gasteiger partial charge in [0.25, 0.3) is 11.7 Å². The van der Waals surface area contributed by atoms with E-state index in [1.165, 1.54) is 11.3 Å². The van der Waals surface area contributed by atoms with Gasteiger partial charge in [-0.1, -0.05) is 11.6 Å². The Kier molecular flexibility index (Phi) is 4.74. The summed E-state index contributed by atoms with van der Waals surface area (Å²) in [6.07, 6.45) is 1.62. The van der Waals surface area contributed by atoms with Gasteiger partial charge in [-0.2, -0.15) is 0 Å². The van der Waals surface area contributed by atoms with Crippen molar-refractivity contribution in [2.24, 2.45) is 0 Å². The number of carbonyl (C=O) groups excluding carboxylic acids is 1. The molecule has 0 fully saturated rings. The van der Waals surface area contributed by atoms with Crippen molar-refractivity contribution >= 4 is 40.4 Å². The Labute approximate surface area is 113 Å². The van der Waals surface area contributed by atoms with Crippen molar-refractivity contribution < 1.29 is 22.2 Å². The Hall–Kier alpha value is -1.30. The lowest BCUT2D eigenvalue weighted by molar-refractivity contribution is -0.359. The van der Waals surface area contributed by atoms with Gasteiger partial charge in [0, 0.05) is 6.07 Å². The molecule has 0 spiro atoms. The van der Waals surface area contributed by atoms with Crippen molar-refractivity contribution in [1.29, 1.82) is 0 Å². The first-order valence-electron chi connectivity index (χ1n) is 4.48. The van der Waals surface area contributed by atoms with Crippen LogP contribution >= 0.6 is 22.9 Å². The minimum atomic E-state index is -0.224. The summed E-state index contributed by atoms with van der Waals surface area (Å²) in [4.78, 5) is 15.0. The number of anilines is 2. The molecule has 4 nitrogen and oxygen atoms in total. The molecule has 0 aliphatic rings. The standard InChI is InChI=1S/C10H8ClN3OS.ClH/c11-7-3-4-16-9(7)10(15)14-6-1-2-8(12)13-5-6;/h1-5H,(H2,12,13)(H,14,15);1H. The van der Waals surface area contributed by atoms with E-state index in [1.807, 2.05) is 0 Å². The first-order chi connectivity index (χ1) is 7.66. The molecule has 0 aliphatic carbocycles. The molecular weight excluding hydrogens is 281 g/mol. The van der Waals surface area contributed by atoms with Crippen LogP contribution in [0.15, 0.2) is 29.8 Å². The zero-order chi connectivity index (χ0) is 11.5. The van der Waals surface area contributed by atoms with E-state index >= 15 is 0 Å². The van der Waals surface area contributed by atoms with Crippen LogP contribution in [0, 0.1) is 0 Å². The molecule has 0 saturated heterocycles. The van der Waals surface area contributed by atoms with E-state index in [0.717, 1.165) is 0 Å². The summed E-state index contributed by atoms with van der Waals surface area (Å²) in [7, 11) is 0. The molecule has 2 heterocycles. The van der Waals surface area contributed by atoms with Crippen LogP contribution in [-0.4, -0.2) is 5.91 Å². The molecule has 2 aromatic rings. The number of nitrogens with one attached hydrogen (secondary N) is 2. The molecule has 0 aliphatic heterocycles. The summed E-state index contributed by atoms with van der Waals surface area (Å²) in [5.74, 6) is 0.310. The molecule has 17 heavy (non-hydrogen) atoms. The fourth-order valence-corrected chi connectivity index (χ4v) is 2.19. The number of nitrogens with two attached hydrogens (primary N) is 1. The lowest BCUT2D eigenvalue weighted by Crippen LogP contribution is -3.00. The third-order valence-corrected chi connectivity index (χ3v) is 3.26. The number of hydrogen-bond acceptors (Lipinski definition) is 3. The van der Waals surface area contributed by atoms with Crippen molar-refractivity contribution in [2.75, 3.05) is 11.1 Å². The Morgan fingerprint density at radius 2 is 2.18 bits per heavy atom. The van der Waals surface area contributed by atoms with Crippen molar-refractivity contribution in [2.45, 2.75) is 0 Å². The van der Waals surface area contributed by atoms with E-state index < -0.39 is 0 Å². The SMILES string of the molecule is Nc1ccc(NC(=O)c2sccc2Cl)c[nH+]1.[Cl-]. The monoisotopic (exact) mass is 289 g/mol. The van der Waals surface area contributed by atoms with Gasteiger partial charge in [-0.15, -0.1) is 11.3 Å². The molecule has 7 heteroatoms. The summed E-state index contributed by atoms with van der Waals surface area (Å²) in [5, 5.41) is 4.94. The molecule has 1 amide bonds. The zero-order valence-corrected chi connectivity index (χ0v) is 10.9. The number of thiophene rings is 1. The van der Waals surface area contributed by atoms with Crippen LogP contribution in [0.4, 0.5) is 11.5 Å². The molecule has 90 valence electrons. The quantitative estimate of drug-likeness (QED) is 0.749. The maximum Gasteiger partial charge on any atom is 0.270 e. The Morgan fingerprint density at radius 3 is 2.71 bits per heavy atom. The van der Waals surface area contributed by atoms with Crippen molar-refractivity contribution in [3.63, 3.8) is 0 Å². The summed E-state index contributed by atoms with van der Waals surface area (Å²) >= 11 is 7.15. The van der Waals surface area contributed by atoms with E-state index in [-0.39, 0.29) is 18.3 Å². The number of carbonyl (C=O) groups is 1. The summed E-state index contributed by atoms with van der Waals surface area (Å²) in [5.41, 5.74) is 6.13. The number of rotatable bonds is 2. The number of amides is 1. The largest absolute Gasteiger partial charge is 1.00 e. The number of aromatic amines is 1. The molecule has 0 atom stereocenters. The predicted octanol–water partition coefficient (Wildman–Crippen LogP) is -0.946. The highest BCUT2D eigenvalue weighted by Gasteiger charge is 2.12. The van der Waals surface area contributed by atoms with Gasteiger partial charge in [-0.25, -0.2) is 4.98 Å². The maximum atomic E-state index is 11.8. The Bertz CT molecular complexity index is 513. The lowest BCUT2D eigenvalue weighted by Gasteiger charge is -2.01. The molecule has 0 unspecified atom stereocenters. The van der Waals surface area contributed by atoms with Gasteiger partial charge in [0.15, 0.2) is 0 Å². The van der Waals surface area contributed by atoms with Crippen LogP contribution in [0.5, 0.6) is 0 Å². The fourth-order valence-electron chi connectivity index (χ4n) is 1.16. The second-order valence-electron chi connectivity index (χ2n) is 3.08. The Balaban J connectivity index is 0.00000144. The molecule has 0 saturated carbocycles. The highest BCUT2D eigenvalue weighted by Crippen LogP contribution is 2.22. The summed E-state index contributed by atoms with van der Waals surface area (Å²) in [6.45, 7) is 0. The van der Waals surface area contributed by atoms with Crippen LogP contribution in [0.2, 0.25) is 5.02 Å². The van der Waals surface area contributed by atoms with Crippen LogP contribution in [0.25, 0.3) is 0 Å². The molecule has 0 bridgehead atoms. The van der Waals surface area contributed by atoms with E-state index in [1.54, 1.807) is 29.8 Å². The minimum absolute atomic E-state index is 0. The highest BCUT2D eigenvalue weighted by atomic mass is 35.5. The number of hydrogen-bond donors (Lipinski definition) is 2. The van der Waals surface area contributed by atoms with E-state index in [2.05, 4.69) is 10.3 Å². The van der Waals surface area contributed by atoms with E-state index in [9.17, 15) is 4.79 Å². The Morgan fingerprint density at radius 1 is 1.41 bits per heavy atom. The van der Waals surface area contributed by atoms with Crippen molar-refractivity contribution in [3.05, 3.63) is 39.7 Å². The van der Waals surface area contributed by atoms with Crippen LogP contribution in [-0.2, 0) is 0 Å². The number of pyridine rings is 1. The third kappa shape index (κ3) is 3.33. The summed E-state index contributed by atoms with van der Waals surface area (Å²) < 4.78 is 0. The first-order valence-corrected chi connectivity index (χ1v) is 5.74. The summed E-state index contributed by atoms with van der Waals surface area (Å²) in [6, 6.07) is 5.08. The molecule has 2 aromatic heterocycles. The van der Waals surface area contributed by atoms with Gasteiger partial charge in [-0.3, -0.25) is 10.5 Å². The van der Waals surface area contributed by atoms with Gasteiger partial charge in [0.05, 0.1) is 10.7 Å². The average Bonchev–Trinajstić information content (AvgIpc) is 2.68.